The Balaban J connectivity index is 1.42. The molecule has 1 saturated carbocycles. The minimum Gasteiger partial charge on any atom is -0.354 e. The summed E-state index contributed by atoms with van der Waals surface area (Å²) in [5, 5.41) is 5.68. The fourth-order valence-corrected chi connectivity index (χ4v) is 3.99. The number of carbonyl (C=O) groups is 2. The van der Waals surface area contributed by atoms with Gasteiger partial charge in [-0.2, -0.15) is 0 Å². The molecule has 0 radical (unpaired) electrons. The van der Waals surface area contributed by atoms with E-state index < -0.39 is 0 Å². The van der Waals surface area contributed by atoms with Gasteiger partial charge in [-0.25, -0.2) is 4.98 Å². The number of aromatic nitrogens is 2. The topological polar surface area (TPSA) is 79.3 Å². The molecule has 2 N–H and O–H groups in total. The number of carbonyl (C=O) groups excluding carboxylic acids is 2. The fourth-order valence-electron chi connectivity index (χ4n) is 3.99. The molecule has 0 spiro atoms. The Morgan fingerprint density at radius 1 is 1.27 bits per heavy atom. The summed E-state index contributed by atoms with van der Waals surface area (Å²) < 4.78 is 2.28. The summed E-state index contributed by atoms with van der Waals surface area (Å²) in [6.45, 7) is 1.79. The van der Waals surface area contributed by atoms with Gasteiger partial charge in [0, 0.05) is 24.8 Å². The molecule has 0 bridgehead atoms. The number of amides is 2. The Hall–Kier alpha value is -2.41. The van der Waals surface area contributed by atoms with Crippen LogP contribution >= 0.6 is 0 Å². The summed E-state index contributed by atoms with van der Waals surface area (Å²) in [6.07, 6.45) is 8.26. The second kappa shape index (κ2) is 7.45. The molecule has 1 aromatic heterocycles. The highest BCUT2D eigenvalue weighted by molar-refractivity contribution is 5.94. The first-order valence-corrected chi connectivity index (χ1v) is 9.44. The lowest BCUT2D eigenvalue weighted by atomic mass is 9.95. The first-order chi connectivity index (χ1) is 12.7. The highest BCUT2D eigenvalue weighted by Crippen LogP contribution is 2.31. The molecule has 138 valence electrons. The summed E-state index contributed by atoms with van der Waals surface area (Å²) in [5.74, 6) is -0.135. The Morgan fingerprint density at radius 3 is 2.92 bits per heavy atom. The molecular weight excluding hydrogens is 330 g/mol. The van der Waals surface area contributed by atoms with Crippen molar-refractivity contribution in [1.29, 1.82) is 0 Å². The Kier molecular flexibility index (Phi) is 4.88. The third-order valence-corrected chi connectivity index (χ3v) is 5.31. The summed E-state index contributed by atoms with van der Waals surface area (Å²) in [6, 6.07) is 6.44. The fraction of sp³-hybridized carbons (Fsp3) is 0.526. The van der Waals surface area contributed by atoms with E-state index in [1.165, 1.54) is 32.1 Å². The monoisotopic (exact) mass is 355 g/mol. The Bertz CT molecular complexity index is 809. The van der Waals surface area contributed by atoms with E-state index >= 15 is 0 Å². The van der Waals surface area contributed by atoms with E-state index in [2.05, 4.69) is 20.2 Å². The van der Waals surface area contributed by atoms with Gasteiger partial charge < -0.3 is 15.2 Å². The summed E-state index contributed by atoms with van der Waals surface area (Å²) >= 11 is 0. The molecular formula is C19H25N5O2. The van der Waals surface area contributed by atoms with Gasteiger partial charge in [-0.05, 0) is 31.0 Å². The minimum absolute atomic E-state index is 0.0290. The number of fused-ring (bicyclic) bond motifs is 1. The highest BCUT2D eigenvalue weighted by Gasteiger charge is 2.19. The van der Waals surface area contributed by atoms with E-state index in [4.69, 9.17) is 0 Å². The van der Waals surface area contributed by atoms with Crippen molar-refractivity contribution in [3.8, 4) is 0 Å². The van der Waals surface area contributed by atoms with Crippen molar-refractivity contribution in [2.24, 2.45) is 0 Å². The van der Waals surface area contributed by atoms with E-state index in [1.54, 1.807) is 0 Å². The van der Waals surface area contributed by atoms with Gasteiger partial charge in [0.05, 0.1) is 30.5 Å². The molecule has 0 unspecified atom stereocenters. The number of hydrogen-bond acceptors (Lipinski definition) is 4. The molecule has 1 aromatic carbocycles. The van der Waals surface area contributed by atoms with Gasteiger partial charge in [0.25, 0.3) is 0 Å². The van der Waals surface area contributed by atoms with Crippen LogP contribution in [0.25, 0.3) is 11.0 Å². The van der Waals surface area contributed by atoms with E-state index in [9.17, 15) is 9.59 Å². The molecule has 2 aromatic rings. The lowest BCUT2D eigenvalue weighted by Gasteiger charge is -2.25. The van der Waals surface area contributed by atoms with Crippen LogP contribution < -0.4 is 10.6 Å². The number of hydrogen-bond donors (Lipinski definition) is 2. The molecule has 0 atom stereocenters. The van der Waals surface area contributed by atoms with Gasteiger partial charge >= 0.3 is 0 Å². The zero-order valence-electron chi connectivity index (χ0n) is 14.9. The molecule has 1 aliphatic carbocycles. The van der Waals surface area contributed by atoms with Crippen molar-refractivity contribution in [3.05, 3.63) is 24.5 Å². The summed E-state index contributed by atoms with van der Waals surface area (Å²) in [4.78, 5) is 30.1. The van der Waals surface area contributed by atoms with Crippen molar-refractivity contribution >= 4 is 28.5 Å². The predicted molar refractivity (Wildman–Crippen MR) is 99.9 cm³/mol. The van der Waals surface area contributed by atoms with Crippen LogP contribution in [0.5, 0.6) is 0 Å². The van der Waals surface area contributed by atoms with E-state index in [-0.39, 0.29) is 24.9 Å². The van der Waals surface area contributed by atoms with Crippen molar-refractivity contribution in [2.45, 2.75) is 38.1 Å². The number of piperazine rings is 1. The van der Waals surface area contributed by atoms with Crippen molar-refractivity contribution in [2.75, 3.05) is 31.5 Å². The minimum atomic E-state index is -0.106. The third-order valence-electron chi connectivity index (χ3n) is 5.31. The number of rotatable bonds is 4. The molecule has 1 saturated heterocycles. The molecule has 2 heterocycles. The molecule has 2 amide bonds. The molecule has 7 nitrogen and oxygen atoms in total. The van der Waals surface area contributed by atoms with Crippen LogP contribution in [0.15, 0.2) is 24.5 Å². The maximum Gasteiger partial charge on any atom is 0.238 e. The van der Waals surface area contributed by atoms with Crippen LogP contribution in [0, 0.1) is 0 Å². The zero-order valence-corrected chi connectivity index (χ0v) is 14.9. The lowest BCUT2D eigenvalue weighted by Crippen LogP contribution is -2.49. The maximum atomic E-state index is 12.3. The second-order valence-corrected chi connectivity index (χ2v) is 7.26. The van der Waals surface area contributed by atoms with Crippen LogP contribution in [0.3, 0.4) is 0 Å². The van der Waals surface area contributed by atoms with Gasteiger partial charge in [-0.1, -0.05) is 19.3 Å². The Labute approximate surface area is 152 Å². The first kappa shape index (κ1) is 17.0. The number of nitrogens with one attached hydrogen (secondary N) is 2. The number of nitrogens with zero attached hydrogens (tertiary/aromatic N) is 3. The predicted octanol–water partition coefficient (Wildman–Crippen LogP) is 1.91. The van der Waals surface area contributed by atoms with E-state index in [1.807, 2.05) is 29.4 Å². The second-order valence-electron chi connectivity index (χ2n) is 7.26. The lowest BCUT2D eigenvalue weighted by molar-refractivity contribution is -0.125. The van der Waals surface area contributed by atoms with Crippen LogP contribution in [0.1, 0.15) is 38.1 Å². The van der Waals surface area contributed by atoms with Crippen LogP contribution in [0.4, 0.5) is 5.69 Å². The van der Waals surface area contributed by atoms with Gasteiger partial charge in [0.2, 0.25) is 11.8 Å². The van der Waals surface area contributed by atoms with E-state index in [0.29, 0.717) is 19.1 Å². The molecule has 2 fully saturated rings. The molecule has 1 aliphatic heterocycles. The third kappa shape index (κ3) is 3.72. The van der Waals surface area contributed by atoms with Crippen molar-refractivity contribution in [1.82, 2.24) is 19.8 Å². The van der Waals surface area contributed by atoms with Gasteiger partial charge in [0.15, 0.2) is 0 Å². The largest absolute Gasteiger partial charge is 0.354 e. The summed E-state index contributed by atoms with van der Waals surface area (Å²) in [7, 11) is 0. The number of anilines is 1. The molecule has 2 aliphatic rings. The zero-order chi connectivity index (χ0) is 17.9. The Morgan fingerprint density at radius 2 is 2.12 bits per heavy atom. The SMILES string of the molecule is O=C1CN(CC(=O)Nc2ccc3c(c2)ncn3C2CCCCC2)CCN1. The average molecular weight is 355 g/mol. The van der Waals surface area contributed by atoms with E-state index in [0.717, 1.165) is 16.7 Å². The first-order valence-electron chi connectivity index (χ1n) is 9.44. The number of imidazole rings is 1. The van der Waals surface area contributed by atoms with Crippen molar-refractivity contribution < 1.29 is 9.59 Å². The summed E-state index contributed by atoms with van der Waals surface area (Å²) in [5.41, 5.74) is 2.78. The van der Waals surface area contributed by atoms with Gasteiger partial charge in [-0.15, -0.1) is 0 Å². The smallest absolute Gasteiger partial charge is 0.238 e. The molecule has 7 heteroatoms. The molecule has 26 heavy (non-hydrogen) atoms. The normalized spacial score (nSPS) is 19.5. The quantitative estimate of drug-likeness (QED) is 0.878. The average Bonchev–Trinajstić information content (AvgIpc) is 3.05. The van der Waals surface area contributed by atoms with Crippen LogP contribution in [-0.2, 0) is 9.59 Å². The van der Waals surface area contributed by atoms with Crippen LogP contribution in [-0.4, -0.2) is 52.4 Å². The number of benzene rings is 1. The van der Waals surface area contributed by atoms with Crippen LogP contribution in [0.2, 0.25) is 0 Å². The highest BCUT2D eigenvalue weighted by atomic mass is 16.2. The maximum absolute atomic E-state index is 12.3. The van der Waals surface area contributed by atoms with Gasteiger partial charge in [0.1, 0.15) is 0 Å². The van der Waals surface area contributed by atoms with Gasteiger partial charge in [-0.3, -0.25) is 14.5 Å². The standard InChI is InChI=1S/C19H25N5O2/c25-18-11-23(9-8-20-18)12-19(26)22-14-6-7-17-16(10-14)21-13-24(17)15-4-2-1-3-5-15/h6-7,10,13,15H,1-5,8-9,11-12H2,(H,20,25)(H,22,26). The van der Waals surface area contributed by atoms with Crippen molar-refractivity contribution in [3.63, 3.8) is 0 Å². The molecule has 4 rings (SSSR count).